The van der Waals surface area contributed by atoms with E-state index < -0.39 is 27.9 Å². The third-order valence-electron chi connectivity index (χ3n) is 5.33. The summed E-state index contributed by atoms with van der Waals surface area (Å²) in [6.07, 6.45) is 2.57. The molecule has 9 heteroatoms. The van der Waals surface area contributed by atoms with E-state index in [0.717, 1.165) is 24.8 Å². The van der Waals surface area contributed by atoms with E-state index in [4.69, 9.17) is 8.92 Å². The van der Waals surface area contributed by atoms with E-state index in [-0.39, 0.29) is 17.4 Å². The van der Waals surface area contributed by atoms with Gasteiger partial charge in [0.2, 0.25) is 5.91 Å². The number of ether oxygens (including phenoxy) is 1. The molecule has 1 aromatic carbocycles. The number of alkyl carbamates (subject to hydrolysis) is 1. The number of likely N-dealkylation sites (tertiary alicyclic amines) is 1. The number of nitrogens with one attached hydrogen (secondary N) is 1. The quantitative estimate of drug-likeness (QED) is 0.462. The van der Waals surface area contributed by atoms with Crippen molar-refractivity contribution >= 4 is 22.1 Å². The molecular weight excluding hydrogens is 432 g/mol. The lowest BCUT2D eigenvalue weighted by molar-refractivity contribution is -0.134. The number of hydrogen-bond acceptors (Lipinski definition) is 6. The topological polar surface area (TPSA) is 102 Å². The third-order valence-corrected chi connectivity index (χ3v) is 6.66. The molecule has 0 spiro atoms. The van der Waals surface area contributed by atoms with Crippen molar-refractivity contribution in [2.45, 2.75) is 76.8 Å². The zero-order valence-corrected chi connectivity index (χ0v) is 20.5. The maximum absolute atomic E-state index is 12.6. The van der Waals surface area contributed by atoms with Crippen molar-refractivity contribution in [3.8, 4) is 0 Å². The van der Waals surface area contributed by atoms with Gasteiger partial charge in [-0.05, 0) is 78.4 Å². The molecule has 1 aliphatic rings. The Morgan fingerprint density at radius 3 is 2.31 bits per heavy atom. The summed E-state index contributed by atoms with van der Waals surface area (Å²) in [6, 6.07) is 5.94. The first-order valence-electron chi connectivity index (χ1n) is 11.1. The highest BCUT2D eigenvalue weighted by molar-refractivity contribution is 7.86. The SMILES string of the molecule is Cc1ccc(S(=O)(=O)OCCCC2CCN(C(=O)C(C)NC(=O)OC(C)(C)C)CC2)cc1. The predicted molar refractivity (Wildman–Crippen MR) is 122 cm³/mol. The van der Waals surface area contributed by atoms with E-state index in [2.05, 4.69) is 5.32 Å². The zero-order chi connectivity index (χ0) is 23.9. The van der Waals surface area contributed by atoms with Crippen LogP contribution in [0, 0.1) is 12.8 Å². The second kappa shape index (κ2) is 11.1. The van der Waals surface area contributed by atoms with Crippen LogP contribution in [0.5, 0.6) is 0 Å². The van der Waals surface area contributed by atoms with Crippen LogP contribution in [0.15, 0.2) is 29.2 Å². The van der Waals surface area contributed by atoms with Crippen LogP contribution in [-0.4, -0.2) is 56.7 Å². The Morgan fingerprint density at radius 1 is 1.16 bits per heavy atom. The molecule has 1 N–H and O–H groups in total. The van der Waals surface area contributed by atoms with E-state index in [1.54, 1.807) is 56.9 Å². The van der Waals surface area contributed by atoms with Gasteiger partial charge in [0.15, 0.2) is 0 Å². The van der Waals surface area contributed by atoms with Gasteiger partial charge in [-0.3, -0.25) is 8.98 Å². The number of aryl methyl sites for hydroxylation is 1. The monoisotopic (exact) mass is 468 g/mol. The standard InChI is InChI=1S/C23H36N2O6S/c1-17-8-10-20(11-9-17)32(28,29)30-16-6-7-19-12-14-25(15-13-19)21(26)18(2)24-22(27)31-23(3,4)5/h8-11,18-19H,6-7,12-16H2,1-5H3,(H,24,27). The minimum Gasteiger partial charge on any atom is -0.444 e. The molecule has 1 heterocycles. The van der Waals surface area contributed by atoms with Crippen molar-refractivity contribution in [2.75, 3.05) is 19.7 Å². The lowest BCUT2D eigenvalue weighted by atomic mass is 9.92. The largest absolute Gasteiger partial charge is 0.444 e. The summed E-state index contributed by atoms with van der Waals surface area (Å²) in [4.78, 5) is 26.4. The fourth-order valence-corrected chi connectivity index (χ4v) is 4.52. The van der Waals surface area contributed by atoms with Gasteiger partial charge in [0, 0.05) is 13.1 Å². The molecule has 180 valence electrons. The Hall–Kier alpha value is -2.13. The van der Waals surface area contributed by atoms with Gasteiger partial charge in [0.25, 0.3) is 10.1 Å². The van der Waals surface area contributed by atoms with E-state index in [9.17, 15) is 18.0 Å². The first-order valence-corrected chi connectivity index (χ1v) is 12.5. The smallest absolute Gasteiger partial charge is 0.408 e. The van der Waals surface area contributed by atoms with Gasteiger partial charge in [0.05, 0.1) is 11.5 Å². The Bertz CT molecular complexity index is 869. The average molecular weight is 469 g/mol. The Labute approximate surface area is 191 Å². The molecule has 1 fully saturated rings. The van der Waals surface area contributed by atoms with E-state index in [1.165, 1.54) is 0 Å². The molecule has 1 aliphatic heterocycles. The van der Waals surface area contributed by atoms with Crippen LogP contribution in [0.3, 0.4) is 0 Å². The number of rotatable bonds is 8. The van der Waals surface area contributed by atoms with Gasteiger partial charge in [-0.25, -0.2) is 4.79 Å². The Kier molecular flexibility index (Phi) is 9.09. The van der Waals surface area contributed by atoms with Crippen LogP contribution in [0.4, 0.5) is 4.79 Å². The van der Waals surface area contributed by atoms with Crippen molar-refractivity contribution < 1.29 is 26.9 Å². The summed E-state index contributed by atoms with van der Waals surface area (Å²) in [5.74, 6) is 0.292. The summed E-state index contributed by atoms with van der Waals surface area (Å²) in [6.45, 7) is 10.2. The minimum atomic E-state index is -3.73. The van der Waals surface area contributed by atoms with Crippen molar-refractivity contribution in [1.82, 2.24) is 10.2 Å². The molecule has 0 radical (unpaired) electrons. The fourth-order valence-electron chi connectivity index (χ4n) is 3.58. The molecule has 8 nitrogen and oxygen atoms in total. The van der Waals surface area contributed by atoms with Gasteiger partial charge in [-0.1, -0.05) is 17.7 Å². The molecule has 0 bridgehead atoms. The maximum Gasteiger partial charge on any atom is 0.408 e. The third kappa shape index (κ3) is 8.43. The number of piperidine rings is 1. The molecule has 0 aliphatic carbocycles. The molecule has 1 atom stereocenters. The number of nitrogens with zero attached hydrogens (tertiary/aromatic N) is 1. The van der Waals surface area contributed by atoms with Crippen molar-refractivity contribution in [3.05, 3.63) is 29.8 Å². The Morgan fingerprint density at radius 2 is 1.75 bits per heavy atom. The second-order valence-corrected chi connectivity index (χ2v) is 11.0. The lowest BCUT2D eigenvalue weighted by Gasteiger charge is -2.34. The minimum absolute atomic E-state index is 0.123. The molecular formula is C23H36N2O6S. The molecule has 0 saturated carbocycles. The van der Waals surface area contributed by atoms with E-state index >= 15 is 0 Å². The molecule has 1 saturated heterocycles. The van der Waals surface area contributed by atoms with Gasteiger partial charge >= 0.3 is 6.09 Å². The van der Waals surface area contributed by atoms with Gasteiger partial charge in [0.1, 0.15) is 11.6 Å². The highest BCUT2D eigenvalue weighted by Gasteiger charge is 2.28. The number of amides is 2. The lowest BCUT2D eigenvalue weighted by Crippen LogP contribution is -2.50. The highest BCUT2D eigenvalue weighted by Crippen LogP contribution is 2.23. The van der Waals surface area contributed by atoms with Crippen molar-refractivity contribution in [3.63, 3.8) is 0 Å². The average Bonchev–Trinajstić information content (AvgIpc) is 2.70. The summed E-state index contributed by atoms with van der Waals surface area (Å²) in [5.41, 5.74) is 0.373. The van der Waals surface area contributed by atoms with Crippen LogP contribution < -0.4 is 5.32 Å². The van der Waals surface area contributed by atoms with Crippen LogP contribution in [-0.2, 0) is 23.8 Å². The summed E-state index contributed by atoms with van der Waals surface area (Å²) in [7, 11) is -3.73. The highest BCUT2D eigenvalue weighted by atomic mass is 32.2. The number of hydrogen-bond donors (Lipinski definition) is 1. The van der Waals surface area contributed by atoms with Gasteiger partial charge in [-0.2, -0.15) is 8.42 Å². The molecule has 1 aromatic rings. The number of carbonyl (C=O) groups excluding carboxylic acids is 2. The summed E-state index contributed by atoms with van der Waals surface area (Å²) >= 11 is 0. The number of carbonyl (C=O) groups is 2. The molecule has 2 rings (SSSR count). The fraction of sp³-hybridized carbons (Fsp3) is 0.652. The normalized spacial score (nSPS) is 16.5. The van der Waals surface area contributed by atoms with Crippen LogP contribution in [0.1, 0.15) is 58.9 Å². The number of benzene rings is 1. The molecule has 2 amide bonds. The van der Waals surface area contributed by atoms with Crippen molar-refractivity contribution in [1.29, 1.82) is 0 Å². The molecule has 0 aromatic heterocycles. The Balaban J connectivity index is 1.69. The summed E-state index contributed by atoms with van der Waals surface area (Å²) in [5, 5.41) is 2.59. The first kappa shape index (κ1) is 26.1. The molecule has 1 unspecified atom stereocenters. The van der Waals surface area contributed by atoms with Crippen molar-refractivity contribution in [2.24, 2.45) is 5.92 Å². The zero-order valence-electron chi connectivity index (χ0n) is 19.7. The van der Waals surface area contributed by atoms with E-state index in [1.807, 2.05) is 6.92 Å². The summed E-state index contributed by atoms with van der Waals surface area (Å²) < 4.78 is 34.8. The molecule has 32 heavy (non-hydrogen) atoms. The van der Waals surface area contributed by atoms with Crippen LogP contribution in [0.2, 0.25) is 0 Å². The second-order valence-electron chi connectivity index (χ2n) is 9.37. The maximum atomic E-state index is 12.6. The van der Waals surface area contributed by atoms with Gasteiger partial charge in [-0.15, -0.1) is 0 Å². The van der Waals surface area contributed by atoms with E-state index in [0.29, 0.717) is 25.4 Å². The van der Waals surface area contributed by atoms with Crippen LogP contribution >= 0.6 is 0 Å². The van der Waals surface area contributed by atoms with Crippen LogP contribution in [0.25, 0.3) is 0 Å². The first-order chi connectivity index (χ1) is 14.9. The van der Waals surface area contributed by atoms with Gasteiger partial charge < -0.3 is 15.0 Å². The predicted octanol–water partition coefficient (Wildman–Crippen LogP) is 3.63.